The molecule has 4 aromatic rings. The molecule has 2 aliphatic rings. The SMILES string of the molecule is O=C(Nc1n[nH]c2cc(C(=O)NC3(c4ccccc4)CC3)oc12)c1ccc(N2CCOCC2)cc1. The first-order valence-electron chi connectivity index (χ1n) is 11.7. The van der Waals surface area contributed by atoms with Gasteiger partial charge in [0.05, 0.1) is 18.8 Å². The molecule has 9 nitrogen and oxygen atoms in total. The van der Waals surface area contributed by atoms with Crippen LogP contribution in [0.3, 0.4) is 0 Å². The summed E-state index contributed by atoms with van der Waals surface area (Å²) in [6, 6.07) is 18.9. The third kappa shape index (κ3) is 4.15. The van der Waals surface area contributed by atoms with E-state index < -0.39 is 0 Å². The van der Waals surface area contributed by atoms with E-state index in [1.54, 1.807) is 18.2 Å². The number of aromatic nitrogens is 2. The third-order valence-corrected chi connectivity index (χ3v) is 6.63. The van der Waals surface area contributed by atoms with Crippen LogP contribution in [0.25, 0.3) is 11.1 Å². The molecule has 9 heteroatoms. The molecule has 0 spiro atoms. The number of anilines is 2. The van der Waals surface area contributed by atoms with Crippen molar-refractivity contribution in [3.8, 4) is 0 Å². The molecular formula is C26H25N5O4. The van der Waals surface area contributed by atoms with Gasteiger partial charge in [0.2, 0.25) is 0 Å². The van der Waals surface area contributed by atoms with Crippen molar-refractivity contribution in [2.75, 3.05) is 36.5 Å². The highest BCUT2D eigenvalue weighted by atomic mass is 16.5. The van der Waals surface area contributed by atoms with E-state index in [4.69, 9.17) is 9.15 Å². The minimum Gasteiger partial charge on any atom is -0.445 e. The average molecular weight is 472 g/mol. The second-order valence-corrected chi connectivity index (χ2v) is 8.93. The number of hydrogen-bond acceptors (Lipinski definition) is 6. The molecule has 6 rings (SSSR count). The number of nitrogens with zero attached hydrogens (tertiary/aromatic N) is 2. The quantitative estimate of drug-likeness (QED) is 0.396. The molecule has 1 aliphatic carbocycles. The van der Waals surface area contributed by atoms with E-state index in [0.717, 1.165) is 37.2 Å². The van der Waals surface area contributed by atoms with E-state index in [9.17, 15) is 9.59 Å². The van der Waals surface area contributed by atoms with Gasteiger partial charge in [0, 0.05) is 30.4 Å². The first-order valence-corrected chi connectivity index (χ1v) is 11.7. The van der Waals surface area contributed by atoms with Crippen molar-refractivity contribution in [3.63, 3.8) is 0 Å². The number of furan rings is 1. The number of carbonyl (C=O) groups is 2. The summed E-state index contributed by atoms with van der Waals surface area (Å²) in [7, 11) is 0. The molecule has 2 aromatic carbocycles. The molecule has 1 saturated carbocycles. The van der Waals surface area contributed by atoms with Crippen molar-refractivity contribution in [3.05, 3.63) is 77.6 Å². The molecule has 0 atom stereocenters. The summed E-state index contributed by atoms with van der Waals surface area (Å²) >= 11 is 0. The second-order valence-electron chi connectivity index (χ2n) is 8.93. The van der Waals surface area contributed by atoms with Crippen LogP contribution in [0.1, 0.15) is 39.3 Å². The molecule has 2 fully saturated rings. The van der Waals surface area contributed by atoms with Crippen LogP contribution in [0.5, 0.6) is 0 Å². The highest BCUT2D eigenvalue weighted by Gasteiger charge is 2.46. The molecule has 3 heterocycles. The van der Waals surface area contributed by atoms with Gasteiger partial charge in [-0.15, -0.1) is 0 Å². The maximum absolute atomic E-state index is 12.9. The molecule has 2 aromatic heterocycles. The first-order chi connectivity index (χ1) is 17.1. The minimum absolute atomic E-state index is 0.168. The van der Waals surface area contributed by atoms with Crippen LogP contribution in [-0.4, -0.2) is 48.3 Å². The number of ether oxygens (including phenoxy) is 1. The predicted octanol–water partition coefficient (Wildman–Crippen LogP) is 3.66. The number of aromatic amines is 1. The number of morpholine rings is 1. The summed E-state index contributed by atoms with van der Waals surface area (Å²) in [6.45, 7) is 3.07. The number of carbonyl (C=O) groups excluding carboxylic acids is 2. The lowest BCUT2D eigenvalue weighted by atomic mass is 10.1. The number of nitrogens with one attached hydrogen (secondary N) is 3. The van der Waals surface area contributed by atoms with Crippen LogP contribution >= 0.6 is 0 Å². The number of H-pyrrole nitrogens is 1. The summed E-state index contributed by atoms with van der Waals surface area (Å²) in [5.41, 5.74) is 3.16. The van der Waals surface area contributed by atoms with Gasteiger partial charge in [-0.05, 0) is 42.7 Å². The Morgan fingerprint density at radius 3 is 2.43 bits per heavy atom. The normalized spacial score (nSPS) is 16.7. The van der Waals surface area contributed by atoms with Crippen molar-refractivity contribution in [1.29, 1.82) is 0 Å². The molecular weight excluding hydrogens is 446 g/mol. The smallest absolute Gasteiger partial charge is 0.287 e. The second kappa shape index (κ2) is 8.59. The van der Waals surface area contributed by atoms with Gasteiger partial charge in [0.25, 0.3) is 11.8 Å². The number of amides is 2. The fraction of sp³-hybridized carbons (Fsp3) is 0.269. The third-order valence-electron chi connectivity index (χ3n) is 6.63. The molecule has 0 unspecified atom stereocenters. The Balaban J connectivity index is 1.15. The highest BCUT2D eigenvalue weighted by Crippen LogP contribution is 2.45. The van der Waals surface area contributed by atoms with E-state index in [0.29, 0.717) is 29.9 Å². The van der Waals surface area contributed by atoms with Crippen molar-refractivity contribution >= 4 is 34.4 Å². The van der Waals surface area contributed by atoms with Crippen molar-refractivity contribution in [1.82, 2.24) is 15.5 Å². The summed E-state index contributed by atoms with van der Waals surface area (Å²) < 4.78 is 11.2. The van der Waals surface area contributed by atoms with Gasteiger partial charge >= 0.3 is 0 Å². The summed E-state index contributed by atoms with van der Waals surface area (Å²) in [4.78, 5) is 28.0. The Bertz CT molecular complexity index is 1370. The number of rotatable bonds is 6. The van der Waals surface area contributed by atoms with E-state index in [2.05, 4.69) is 25.7 Å². The highest BCUT2D eigenvalue weighted by molar-refractivity contribution is 6.07. The van der Waals surface area contributed by atoms with Crippen molar-refractivity contribution < 1.29 is 18.7 Å². The van der Waals surface area contributed by atoms with E-state index in [1.807, 2.05) is 42.5 Å². The Morgan fingerprint density at radius 1 is 0.971 bits per heavy atom. The molecule has 1 saturated heterocycles. The van der Waals surface area contributed by atoms with E-state index >= 15 is 0 Å². The van der Waals surface area contributed by atoms with Gasteiger partial charge in [-0.2, -0.15) is 5.10 Å². The zero-order valence-electron chi connectivity index (χ0n) is 19.0. The van der Waals surface area contributed by atoms with Crippen LogP contribution in [0.4, 0.5) is 11.5 Å². The van der Waals surface area contributed by atoms with Gasteiger partial charge in [-0.25, -0.2) is 0 Å². The number of hydrogen-bond donors (Lipinski definition) is 3. The molecule has 35 heavy (non-hydrogen) atoms. The largest absolute Gasteiger partial charge is 0.445 e. The van der Waals surface area contributed by atoms with Gasteiger partial charge in [0.15, 0.2) is 17.2 Å². The summed E-state index contributed by atoms with van der Waals surface area (Å²) in [6.07, 6.45) is 1.77. The van der Waals surface area contributed by atoms with Crippen LogP contribution < -0.4 is 15.5 Å². The fourth-order valence-corrected chi connectivity index (χ4v) is 4.49. The van der Waals surface area contributed by atoms with Crippen molar-refractivity contribution in [2.24, 2.45) is 0 Å². The lowest BCUT2D eigenvalue weighted by Gasteiger charge is -2.28. The van der Waals surface area contributed by atoms with Gasteiger partial charge in [-0.3, -0.25) is 14.7 Å². The molecule has 178 valence electrons. The van der Waals surface area contributed by atoms with Gasteiger partial charge in [0.1, 0.15) is 5.52 Å². The first kappa shape index (κ1) is 21.4. The maximum atomic E-state index is 12.9. The zero-order chi connectivity index (χ0) is 23.8. The van der Waals surface area contributed by atoms with E-state index in [1.165, 1.54) is 0 Å². The molecule has 0 bridgehead atoms. The molecule has 0 radical (unpaired) electrons. The predicted molar refractivity (Wildman–Crippen MR) is 131 cm³/mol. The van der Waals surface area contributed by atoms with Crippen molar-refractivity contribution in [2.45, 2.75) is 18.4 Å². The maximum Gasteiger partial charge on any atom is 0.287 e. The minimum atomic E-state index is -0.346. The fourth-order valence-electron chi connectivity index (χ4n) is 4.49. The van der Waals surface area contributed by atoms with Gasteiger partial charge < -0.3 is 24.7 Å². The number of benzene rings is 2. The average Bonchev–Trinajstić information content (AvgIpc) is 3.41. The summed E-state index contributed by atoms with van der Waals surface area (Å²) in [5.74, 6) is -0.200. The summed E-state index contributed by atoms with van der Waals surface area (Å²) in [5, 5.41) is 12.8. The zero-order valence-corrected chi connectivity index (χ0v) is 19.0. The molecule has 2 amide bonds. The monoisotopic (exact) mass is 471 g/mol. The Hall–Kier alpha value is -4.11. The Kier molecular flexibility index (Phi) is 5.26. The van der Waals surface area contributed by atoms with Crippen LogP contribution in [0, 0.1) is 0 Å². The van der Waals surface area contributed by atoms with Crippen LogP contribution in [-0.2, 0) is 10.3 Å². The Labute approximate surface area is 201 Å². The standard InChI is InChI=1S/C26H25N5O4/c32-24(17-6-8-19(9-7-17)31-12-14-34-15-13-31)27-23-22-20(29-30-23)16-21(35-22)25(33)28-26(10-11-26)18-4-2-1-3-5-18/h1-9,16H,10-15H2,(H,28,33)(H2,27,29,30,32). The Morgan fingerprint density at radius 2 is 1.71 bits per heavy atom. The molecule has 1 aliphatic heterocycles. The lowest BCUT2D eigenvalue weighted by molar-refractivity contribution is 0.0904. The molecule has 3 N–H and O–H groups in total. The van der Waals surface area contributed by atoms with E-state index in [-0.39, 0.29) is 28.9 Å². The lowest BCUT2D eigenvalue weighted by Crippen LogP contribution is -2.36. The van der Waals surface area contributed by atoms with Gasteiger partial charge in [-0.1, -0.05) is 30.3 Å². The number of fused-ring (bicyclic) bond motifs is 1. The topological polar surface area (TPSA) is 112 Å². The van der Waals surface area contributed by atoms with Crippen LogP contribution in [0.2, 0.25) is 0 Å². The van der Waals surface area contributed by atoms with Crippen LogP contribution in [0.15, 0.2) is 65.1 Å².